The van der Waals surface area contributed by atoms with Gasteiger partial charge >= 0.3 is 6.18 Å². The van der Waals surface area contributed by atoms with Gasteiger partial charge in [0.25, 0.3) is 11.6 Å². The van der Waals surface area contributed by atoms with Crippen LogP contribution in [0.2, 0.25) is 0 Å². The molecule has 0 aromatic heterocycles. The van der Waals surface area contributed by atoms with Crippen LogP contribution in [0.3, 0.4) is 0 Å². The van der Waals surface area contributed by atoms with Crippen LogP contribution in [0.15, 0.2) is 41.3 Å². The number of rotatable bonds is 7. The van der Waals surface area contributed by atoms with Gasteiger partial charge in [-0.2, -0.15) is 13.2 Å². The summed E-state index contributed by atoms with van der Waals surface area (Å²) in [6, 6.07) is 6.34. The maximum atomic E-state index is 13.2. The number of sulfone groups is 1. The van der Waals surface area contributed by atoms with Crippen molar-refractivity contribution in [1.82, 2.24) is 4.90 Å². The Hall–Kier alpha value is -3.35. The standard InChI is InChI=1S/C22H23F3N2O7S/c1-13(2)33-20-7-5-16(35(3,31)32)11-17(20)21(28)26-9-8-15(12-26)34-14-4-6-19(27(29)30)18(10-14)22(23,24)25/h4-7,10-11,13,15H,8-9,12H2,1-3H3. The van der Waals surface area contributed by atoms with Gasteiger partial charge in [-0.3, -0.25) is 14.9 Å². The fourth-order valence-electron chi connectivity index (χ4n) is 3.61. The summed E-state index contributed by atoms with van der Waals surface area (Å²) in [6.45, 7) is 3.71. The predicted molar refractivity (Wildman–Crippen MR) is 118 cm³/mol. The molecule has 0 aliphatic carbocycles. The molecule has 2 aromatic rings. The van der Waals surface area contributed by atoms with Gasteiger partial charge in [0.05, 0.1) is 28.0 Å². The van der Waals surface area contributed by atoms with Gasteiger partial charge in [-0.15, -0.1) is 0 Å². The second-order valence-electron chi connectivity index (χ2n) is 8.31. The fourth-order valence-corrected chi connectivity index (χ4v) is 4.26. The van der Waals surface area contributed by atoms with Gasteiger partial charge in [0.2, 0.25) is 0 Å². The number of carbonyl (C=O) groups is 1. The number of alkyl halides is 3. The second-order valence-corrected chi connectivity index (χ2v) is 10.3. The molecular formula is C22H23F3N2O7S. The molecule has 13 heteroatoms. The minimum atomic E-state index is -4.95. The molecule has 1 amide bonds. The van der Waals surface area contributed by atoms with Crippen LogP contribution in [0, 0.1) is 10.1 Å². The summed E-state index contributed by atoms with van der Waals surface area (Å²) >= 11 is 0. The maximum Gasteiger partial charge on any atom is 0.423 e. The van der Waals surface area contributed by atoms with Gasteiger partial charge in [0.1, 0.15) is 23.2 Å². The number of hydrogen-bond acceptors (Lipinski definition) is 7. The third kappa shape index (κ3) is 6.21. The smallest absolute Gasteiger partial charge is 0.423 e. The first kappa shape index (κ1) is 26.3. The van der Waals surface area contributed by atoms with Crippen LogP contribution in [-0.2, 0) is 16.0 Å². The number of hydrogen-bond donors (Lipinski definition) is 0. The first-order valence-corrected chi connectivity index (χ1v) is 12.4. The van der Waals surface area contributed by atoms with E-state index < -0.39 is 44.2 Å². The van der Waals surface area contributed by atoms with Crippen molar-refractivity contribution >= 4 is 21.4 Å². The molecule has 3 rings (SSSR count). The highest BCUT2D eigenvalue weighted by Crippen LogP contribution is 2.38. The SMILES string of the molecule is CC(C)Oc1ccc(S(C)(=O)=O)cc1C(=O)N1CCC(Oc2ccc([N+](=O)[O-])c(C(F)(F)F)c2)C1. The number of halogens is 3. The Kier molecular flexibility index (Phi) is 7.29. The van der Waals surface area contributed by atoms with Crippen molar-refractivity contribution in [2.75, 3.05) is 19.3 Å². The third-order valence-corrected chi connectivity index (χ3v) is 6.29. The fraction of sp³-hybridized carbons (Fsp3) is 0.409. The van der Waals surface area contributed by atoms with Crippen molar-refractivity contribution in [2.24, 2.45) is 0 Å². The zero-order chi connectivity index (χ0) is 26.1. The number of amides is 1. The molecule has 9 nitrogen and oxygen atoms in total. The average Bonchev–Trinajstić information content (AvgIpc) is 3.20. The van der Waals surface area contributed by atoms with Gasteiger partial charge in [0.15, 0.2) is 9.84 Å². The molecule has 1 aliphatic heterocycles. The first-order chi connectivity index (χ1) is 16.2. The minimum absolute atomic E-state index is 0.0153. The predicted octanol–water partition coefficient (Wildman–Crippen LogP) is 4.10. The van der Waals surface area contributed by atoms with Gasteiger partial charge in [-0.25, -0.2) is 8.42 Å². The summed E-state index contributed by atoms with van der Waals surface area (Å²) in [4.78, 5) is 24.3. The van der Waals surface area contributed by atoms with Crippen molar-refractivity contribution in [3.63, 3.8) is 0 Å². The van der Waals surface area contributed by atoms with Gasteiger partial charge in [-0.1, -0.05) is 0 Å². The Balaban J connectivity index is 1.82. The lowest BCUT2D eigenvalue weighted by atomic mass is 10.1. The van der Waals surface area contributed by atoms with E-state index in [4.69, 9.17) is 9.47 Å². The Bertz CT molecular complexity index is 1250. The molecule has 0 radical (unpaired) electrons. The molecule has 0 saturated carbocycles. The number of nitro groups is 1. The van der Waals surface area contributed by atoms with E-state index in [0.29, 0.717) is 6.07 Å². The lowest BCUT2D eigenvalue weighted by Gasteiger charge is -2.21. The van der Waals surface area contributed by atoms with E-state index in [1.807, 2.05) is 0 Å². The number of nitrogens with zero attached hydrogens (tertiary/aromatic N) is 2. The van der Waals surface area contributed by atoms with Crippen LogP contribution in [0.1, 0.15) is 36.2 Å². The van der Waals surface area contributed by atoms with E-state index >= 15 is 0 Å². The second kappa shape index (κ2) is 9.72. The molecule has 1 saturated heterocycles. The number of likely N-dealkylation sites (tertiary alicyclic amines) is 1. The molecule has 1 unspecified atom stereocenters. The number of nitro benzene ring substituents is 1. The molecule has 2 aromatic carbocycles. The Morgan fingerprint density at radius 1 is 1.20 bits per heavy atom. The summed E-state index contributed by atoms with van der Waals surface area (Å²) in [5, 5.41) is 10.9. The van der Waals surface area contributed by atoms with Crippen molar-refractivity contribution < 1.29 is 40.8 Å². The third-order valence-electron chi connectivity index (χ3n) is 5.18. The van der Waals surface area contributed by atoms with E-state index in [-0.39, 0.29) is 47.6 Å². The normalized spacial score (nSPS) is 16.4. The maximum absolute atomic E-state index is 13.2. The van der Waals surface area contributed by atoms with E-state index in [0.717, 1.165) is 18.4 Å². The molecule has 1 fully saturated rings. The summed E-state index contributed by atoms with van der Waals surface area (Å²) in [5.74, 6) is -0.533. The summed E-state index contributed by atoms with van der Waals surface area (Å²) in [5.41, 5.74) is -2.48. The average molecular weight is 516 g/mol. The van der Waals surface area contributed by atoms with E-state index in [1.54, 1.807) is 13.8 Å². The molecule has 1 atom stereocenters. The van der Waals surface area contributed by atoms with Crippen LogP contribution in [-0.4, -0.2) is 55.7 Å². The molecule has 35 heavy (non-hydrogen) atoms. The Labute approximate surface area is 199 Å². The van der Waals surface area contributed by atoms with Crippen LogP contribution in [0.4, 0.5) is 18.9 Å². The van der Waals surface area contributed by atoms with Gasteiger partial charge < -0.3 is 14.4 Å². The molecular weight excluding hydrogens is 493 g/mol. The molecule has 0 bridgehead atoms. The Morgan fingerprint density at radius 3 is 2.46 bits per heavy atom. The summed E-state index contributed by atoms with van der Waals surface area (Å²) in [7, 11) is -3.60. The zero-order valence-corrected chi connectivity index (χ0v) is 19.9. The van der Waals surface area contributed by atoms with Crippen molar-refractivity contribution in [3.05, 3.63) is 57.6 Å². The molecule has 190 valence electrons. The lowest BCUT2D eigenvalue weighted by molar-refractivity contribution is -0.388. The topological polar surface area (TPSA) is 116 Å². The van der Waals surface area contributed by atoms with Gasteiger partial charge in [0, 0.05) is 25.3 Å². The van der Waals surface area contributed by atoms with Crippen LogP contribution < -0.4 is 9.47 Å². The number of ether oxygens (including phenoxy) is 2. The highest BCUT2D eigenvalue weighted by molar-refractivity contribution is 7.90. The zero-order valence-electron chi connectivity index (χ0n) is 19.0. The van der Waals surface area contributed by atoms with Crippen molar-refractivity contribution in [2.45, 2.75) is 43.5 Å². The lowest BCUT2D eigenvalue weighted by Crippen LogP contribution is -2.31. The van der Waals surface area contributed by atoms with Crippen LogP contribution in [0.5, 0.6) is 11.5 Å². The minimum Gasteiger partial charge on any atom is -0.490 e. The quantitative estimate of drug-likeness (QED) is 0.402. The summed E-state index contributed by atoms with van der Waals surface area (Å²) < 4.78 is 74.9. The molecule has 1 heterocycles. The van der Waals surface area contributed by atoms with Crippen molar-refractivity contribution in [1.29, 1.82) is 0 Å². The summed E-state index contributed by atoms with van der Waals surface area (Å²) in [6.07, 6.45) is -4.61. The first-order valence-electron chi connectivity index (χ1n) is 10.5. The van der Waals surface area contributed by atoms with Crippen LogP contribution >= 0.6 is 0 Å². The molecule has 1 aliphatic rings. The largest absolute Gasteiger partial charge is 0.490 e. The van der Waals surface area contributed by atoms with Gasteiger partial charge in [-0.05, 0) is 44.2 Å². The number of carbonyl (C=O) groups excluding carboxylic acids is 1. The monoisotopic (exact) mass is 516 g/mol. The number of benzene rings is 2. The van der Waals surface area contributed by atoms with E-state index in [2.05, 4.69) is 0 Å². The highest BCUT2D eigenvalue weighted by atomic mass is 32.2. The Morgan fingerprint density at radius 2 is 1.89 bits per heavy atom. The van der Waals surface area contributed by atoms with Crippen molar-refractivity contribution in [3.8, 4) is 11.5 Å². The highest BCUT2D eigenvalue weighted by Gasteiger charge is 2.39. The van der Waals surface area contributed by atoms with E-state index in [1.165, 1.54) is 23.1 Å². The van der Waals surface area contributed by atoms with Crippen LogP contribution in [0.25, 0.3) is 0 Å². The molecule has 0 N–H and O–H groups in total. The molecule has 0 spiro atoms. The van der Waals surface area contributed by atoms with E-state index in [9.17, 15) is 36.5 Å².